The molecular formula is C10H18O. The Morgan fingerprint density at radius 3 is 2.55 bits per heavy atom. The first-order valence-corrected chi connectivity index (χ1v) is 4.07. The third kappa shape index (κ3) is 7.34. The molecule has 1 atom stereocenters. The standard InChI is InChI=1S/C10H18O/c1-9(2)6-4-5-7-10(3)8-11/h4-6,10-11H,7-8H2,1-3H3/b5-4+. The van der Waals surface area contributed by atoms with E-state index in [1.54, 1.807) is 0 Å². The van der Waals surface area contributed by atoms with Gasteiger partial charge in [0.25, 0.3) is 0 Å². The fraction of sp³-hybridized carbons (Fsp3) is 0.600. The van der Waals surface area contributed by atoms with Crippen molar-refractivity contribution in [2.24, 2.45) is 5.92 Å². The van der Waals surface area contributed by atoms with Gasteiger partial charge in [0.05, 0.1) is 0 Å². The zero-order valence-electron chi connectivity index (χ0n) is 7.67. The third-order valence-corrected chi connectivity index (χ3v) is 1.42. The molecule has 64 valence electrons. The molecule has 1 N–H and O–H groups in total. The van der Waals surface area contributed by atoms with Crippen molar-refractivity contribution in [2.75, 3.05) is 6.61 Å². The molecule has 0 aromatic heterocycles. The van der Waals surface area contributed by atoms with Crippen molar-refractivity contribution in [1.82, 2.24) is 0 Å². The van der Waals surface area contributed by atoms with Gasteiger partial charge in [-0.1, -0.05) is 30.7 Å². The smallest absolute Gasteiger partial charge is 0.0459 e. The first kappa shape index (κ1) is 10.4. The molecule has 1 heteroatoms. The van der Waals surface area contributed by atoms with Gasteiger partial charge in [0.15, 0.2) is 0 Å². The molecule has 0 aliphatic rings. The Hall–Kier alpha value is -0.560. The van der Waals surface area contributed by atoms with E-state index in [2.05, 4.69) is 26.0 Å². The summed E-state index contributed by atoms with van der Waals surface area (Å²) < 4.78 is 0. The maximum Gasteiger partial charge on any atom is 0.0459 e. The third-order valence-electron chi connectivity index (χ3n) is 1.42. The summed E-state index contributed by atoms with van der Waals surface area (Å²) in [5, 5.41) is 8.69. The topological polar surface area (TPSA) is 20.2 Å². The molecule has 0 aliphatic carbocycles. The lowest BCUT2D eigenvalue weighted by Gasteiger charge is -2.00. The van der Waals surface area contributed by atoms with Crippen LogP contribution in [0.5, 0.6) is 0 Å². The van der Waals surface area contributed by atoms with E-state index in [1.807, 2.05) is 13.0 Å². The minimum atomic E-state index is 0.277. The fourth-order valence-electron chi connectivity index (χ4n) is 0.646. The van der Waals surface area contributed by atoms with E-state index < -0.39 is 0 Å². The Bertz CT molecular complexity index is 141. The van der Waals surface area contributed by atoms with E-state index in [4.69, 9.17) is 5.11 Å². The molecule has 0 aliphatic heterocycles. The lowest BCUT2D eigenvalue weighted by molar-refractivity contribution is 0.239. The Balaban J connectivity index is 3.52. The molecule has 0 aromatic rings. The van der Waals surface area contributed by atoms with Crippen LogP contribution >= 0.6 is 0 Å². The average molecular weight is 154 g/mol. The van der Waals surface area contributed by atoms with Crippen molar-refractivity contribution >= 4 is 0 Å². The van der Waals surface area contributed by atoms with Crippen molar-refractivity contribution in [1.29, 1.82) is 0 Å². The van der Waals surface area contributed by atoms with Gasteiger partial charge in [-0.2, -0.15) is 0 Å². The minimum Gasteiger partial charge on any atom is -0.396 e. The van der Waals surface area contributed by atoms with Gasteiger partial charge >= 0.3 is 0 Å². The largest absolute Gasteiger partial charge is 0.396 e. The number of allylic oxidation sites excluding steroid dienone is 4. The highest BCUT2D eigenvalue weighted by atomic mass is 16.3. The highest BCUT2D eigenvalue weighted by molar-refractivity contribution is 5.08. The normalized spacial score (nSPS) is 13.5. The summed E-state index contributed by atoms with van der Waals surface area (Å²) in [4.78, 5) is 0. The second-order valence-corrected chi connectivity index (χ2v) is 3.20. The van der Waals surface area contributed by atoms with Crippen molar-refractivity contribution in [2.45, 2.75) is 27.2 Å². The van der Waals surface area contributed by atoms with Gasteiger partial charge in [0.2, 0.25) is 0 Å². The molecule has 0 amide bonds. The minimum absolute atomic E-state index is 0.277. The Labute approximate surface area is 69.4 Å². The van der Waals surface area contributed by atoms with Gasteiger partial charge in [-0.05, 0) is 26.2 Å². The van der Waals surface area contributed by atoms with Crippen LogP contribution in [-0.2, 0) is 0 Å². The average Bonchev–Trinajstić information content (AvgIpc) is 1.97. The summed E-state index contributed by atoms with van der Waals surface area (Å²) in [6, 6.07) is 0. The quantitative estimate of drug-likeness (QED) is 0.617. The Morgan fingerprint density at radius 2 is 2.09 bits per heavy atom. The van der Waals surface area contributed by atoms with Gasteiger partial charge in [-0.3, -0.25) is 0 Å². The maximum absolute atomic E-state index is 8.69. The summed E-state index contributed by atoms with van der Waals surface area (Å²) in [6.45, 7) is 6.45. The molecule has 1 unspecified atom stereocenters. The van der Waals surface area contributed by atoms with Gasteiger partial charge < -0.3 is 5.11 Å². The summed E-state index contributed by atoms with van der Waals surface area (Å²) in [6.07, 6.45) is 7.17. The molecule has 0 saturated carbocycles. The first-order chi connectivity index (χ1) is 5.16. The van der Waals surface area contributed by atoms with Gasteiger partial charge in [0, 0.05) is 6.61 Å². The highest BCUT2D eigenvalue weighted by Crippen LogP contribution is 2.01. The van der Waals surface area contributed by atoms with Crippen LogP contribution in [0.25, 0.3) is 0 Å². The molecule has 0 radical (unpaired) electrons. The fourth-order valence-corrected chi connectivity index (χ4v) is 0.646. The number of aliphatic hydroxyl groups excluding tert-OH is 1. The Morgan fingerprint density at radius 1 is 1.45 bits per heavy atom. The summed E-state index contributed by atoms with van der Waals surface area (Å²) in [5.41, 5.74) is 1.30. The molecule has 1 nitrogen and oxygen atoms in total. The van der Waals surface area contributed by atoms with E-state index in [-0.39, 0.29) is 6.61 Å². The Kier molecular flexibility index (Phi) is 5.86. The van der Waals surface area contributed by atoms with Crippen molar-refractivity contribution in [3.05, 3.63) is 23.8 Å². The van der Waals surface area contributed by atoms with E-state index in [9.17, 15) is 0 Å². The van der Waals surface area contributed by atoms with E-state index >= 15 is 0 Å². The van der Waals surface area contributed by atoms with Gasteiger partial charge in [-0.15, -0.1) is 0 Å². The summed E-state index contributed by atoms with van der Waals surface area (Å²) in [7, 11) is 0. The van der Waals surface area contributed by atoms with Crippen LogP contribution in [0.15, 0.2) is 23.8 Å². The second-order valence-electron chi connectivity index (χ2n) is 3.20. The lowest BCUT2D eigenvalue weighted by Crippen LogP contribution is -1.97. The van der Waals surface area contributed by atoms with Crippen molar-refractivity contribution in [3.8, 4) is 0 Å². The van der Waals surface area contributed by atoms with E-state index in [0.717, 1.165) is 6.42 Å². The monoisotopic (exact) mass is 154 g/mol. The van der Waals surface area contributed by atoms with Crippen LogP contribution in [0.3, 0.4) is 0 Å². The lowest BCUT2D eigenvalue weighted by atomic mass is 10.1. The molecule has 0 saturated heterocycles. The number of hydrogen-bond donors (Lipinski definition) is 1. The zero-order valence-corrected chi connectivity index (χ0v) is 7.67. The van der Waals surface area contributed by atoms with Crippen LogP contribution in [0.4, 0.5) is 0 Å². The zero-order chi connectivity index (χ0) is 8.69. The van der Waals surface area contributed by atoms with Crippen LogP contribution in [0.1, 0.15) is 27.2 Å². The molecule has 0 fully saturated rings. The predicted octanol–water partition coefficient (Wildman–Crippen LogP) is 2.53. The molecular weight excluding hydrogens is 136 g/mol. The number of rotatable bonds is 4. The number of aliphatic hydroxyl groups is 1. The highest BCUT2D eigenvalue weighted by Gasteiger charge is 1.93. The predicted molar refractivity (Wildman–Crippen MR) is 49.4 cm³/mol. The van der Waals surface area contributed by atoms with Crippen LogP contribution in [0, 0.1) is 5.92 Å². The summed E-state index contributed by atoms with van der Waals surface area (Å²) in [5.74, 6) is 0.386. The second kappa shape index (κ2) is 6.17. The van der Waals surface area contributed by atoms with Gasteiger partial charge in [0.1, 0.15) is 0 Å². The van der Waals surface area contributed by atoms with Gasteiger partial charge in [-0.25, -0.2) is 0 Å². The molecule has 0 heterocycles. The van der Waals surface area contributed by atoms with E-state index in [0.29, 0.717) is 5.92 Å². The first-order valence-electron chi connectivity index (χ1n) is 4.07. The van der Waals surface area contributed by atoms with Crippen LogP contribution in [0.2, 0.25) is 0 Å². The van der Waals surface area contributed by atoms with Crippen molar-refractivity contribution in [3.63, 3.8) is 0 Å². The number of hydrogen-bond acceptors (Lipinski definition) is 1. The molecule has 11 heavy (non-hydrogen) atoms. The van der Waals surface area contributed by atoms with Crippen LogP contribution in [-0.4, -0.2) is 11.7 Å². The summed E-state index contributed by atoms with van der Waals surface area (Å²) >= 11 is 0. The van der Waals surface area contributed by atoms with Crippen LogP contribution < -0.4 is 0 Å². The molecule has 0 rings (SSSR count). The SMILES string of the molecule is CC(C)=C/C=C/CC(C)CO. The van der Waals surface area contributed by atoms with Crippen molar-refractivity contribution < 1.29 is 5.11 Å². The molecule has 0 aromatic carbocycles. The molecule has 0 spiro atoms. The molecule has 0 bridgehead atoms. The van der Waals surface area contributed by atoms with E-state index in [1.165, 1.54) is 5.57 Å². The maximum atomic E-state index is 8.69.